The summed E-state index contributed by atoms with van der Waals surface area (Å²) in [7, 11) is 1.59. The Kier molecular flexibility index (Phi) is 24.2. The first kappa shape index (κ1) is 32.4. The summed E-state index contributed by atoms with van der Waals surface area (Å²) >= 11 is 0. The fraction of sp³-hybridized carbons (Fsp3) is 0.857. The van der Waals surface area contributed by atoms with Gasteiger partial charge in [-0.15, -0.1) is 0 Å². The van der Waals surface area contributed by atoms with E-state index in [-0.39, 0.29) is 50.5 Å². The first-order valence-electron chi connectivity index (χ1n) is 11.0. The van der Waals surface area contributed by atoms with Crippen molar-refractivity contribution in [1.29, 1.82) is 0 Å². The summed E-state index contributed by atoms with van der Waals surface area (Å²) in [4.78, 5) is 31.8. The Morgan fingerprint density at radius 1 is 0.969 bits per heavy atom. The second-order valence-corrected chi connectivity index (χ2v) is 7.12. The molecule has 0 heterocycles. The van der Waals surface area contributed by atoms with Crippen molar-refractivity contribution in [3.05, 3.63) is 0 Å². The highest BCUT2D eigenvalue weighted by atomic mass is 16.5. The Hall–Kier alpha value is -1.79. The van der Waals surface area contributed by atoms with Crippen LogP contribution in [0.3, 0.4) is 0 Å². The zero-order valence-corrected chi connectivity index (χ0v) is 19.9. The van der Waals surface area contributed by atoms with Crippen LogP contribution in [-0.2, 0) is 33.3 Å². The van der Waals surface area contributed by atoms with Gasteiger partial charge in [-0.1, -0.05) is 13.8 Å². The largest absolute Gasteiger partial charge is 0.395 e. The van der Waals surface area contributed by atoms with Crippen LogP contribution in [0.1, 0.15) is 39.5 Å². The molecule has 0 aromatic rings. The fourth-order valence-electron chi connectivity index (χ4n) is 2.28. The molecular formula is C21H43N3O8. The molecular weight excluding hydrogens is 422 g/mol. The van der Waals surface area contributed by atoms with Gasteiger partial charge < -0.3 is 40.4 Å². The lowest BCUT2D eigenvalue weighted by molar-refractivity contribution is -0.123. The summed E-state index contributed by atoms with van der Waals surface area (Å²) in [6.45, 7) is 7.93. The molecule has 0 aromatic heterocycles. The van der Waals surface area contributed by atoms with Gasteiger partial charge in [-0.25, -0.2) is 0 Å². The molecule has 32 heavy (non-hydrogen) atoms. The molecule has 1 unspecified atom stereocenters. The summed E-state index contributed by atoms with van der Waals surface area (Å²) in [6.07, 6.45) is 2.77. The summed E-state index contributed by atoms with van der Waals surface area (Å²) in [5, 5.41) is 13.7. The number of ether oxygens (including phenoxy) is 4. The lowest BCUT2D eigenvalue weighted by Crippen LogP contribution is -2.38. The normalized spacial score (nSPS) is 12.2. The average Bonchev–Trinajstić information content (AvgIpc) is 2.78. The van der Waals surface area contributed by atoms with Gasteiger partial charge in [-0.3, -0.25) is 14.4 Å². The molecule has 5 N–H and O–H groups in total. The van der Waals surface area contributed by atoms with Crippen LogP contribution in [0.4, 0.5) is 0 Å². The number of aliphatic hydroxyl groups is 1. The molecule has 11 nitrogen and oxygen atoms in total. The minimum Gasteiger partial charge on any atom is -0.395 e. The third-order valence-corrected chi connectivity index (χ3v) is 4.26. The molecule has 1 atom stereocenters. The number of nitrogens with one attached hydrogen (secondary N) is 2. The molecule has 0 bridgehead atoms. The van der Waals surface area contributed by atoms with E-state index in [1.54, 1.807) is 7.11 Å². The van der Waals surface area contributed by atoms with Crippen LogP contribution < -0.4 is 16.4 Å². The van der Waals surface area contributed by atoms with E-state index in [4.69, 9.17) is 25.1 Å². The highest BCUT2D eigenvalue weighted by molar-refractivity contribution is 5.75. The van der Waals surface area contributed by atoms with Gasteiger partial charge in [0.05, 0.1) is 46.2 Å². The van der Waals surface area contributed by atoms with Crippen molar-refractivity contribution in [2.45, 2.75) is 39.5 Å². The third-order valence-electron chi connectivity index (χ3n) is 4.26. The van der Waals surface area contributed by atoms with E-state index >= 15 is 0 Å². The Labute approximate surface area is 191 Å². The number of carbonyl (C=O) groups is 3. The second-order valence-electron chi connectivity index (χ2n) is 7.12. The maximum Gasteiger partial charge on any atom is 0.222 e. The van der Waals surface area contributed by atoms with Crippen molar-refractivity contribution >= 4 is 18.2 Å². The van der Waals surface area contributed by atoms with Crippen LogP contribution in [0.2, 0.25) is 0 Å². The van der Waals surface area contributed by atoms with Gasteiger partial charge in [0, 0.05) is 45.1 Å². The number of aliphatic hydroxyl groups excluding tert-OH is 1. The monoisotopic (exact) mass is 465 g/mol. The molecule has 0 aliphatic heterocycles. The average molecular weight is 466 g/mol. The van der Waals surface area contributed by atoms with E-state index in [1.807, 2.05) is 13.8 Å². The number of primary amides is 1. The summed E-state index contributed by atoms with van der Waals surface area (Å²) in [5.74, 6) is -0.550. The maximum atomic E-state index is 11.5. The van der Waals surface area contributed by atoms with E-state index in [2.05, 4.69) is 15.4 Å². The predicted octanol–water partition coefficient (Wildman–Crippen LogP) is -0.405. The number of methoxy groups -OCH3 is 1. The van der Waals surface area contributed by atoms with E-state index in [9.17, 15) is 14.4 Å². The van der Waals surface area contributed by atoms with Gasteiger partial charge in [0.25, 0.3) is 0 Å². The molecule has 0 saturated heterocycles. The van der Waals surface area contributed by atoms with Crippen molar-refractivity contribution in [1.82, 2.24) is 10.6 Å². The molecule has 190 valence electrons. The number of hydrogen-bond donors (Lipinski definition) is 4. The first-order chi connectivity index (χ1) is 15.4. The van der Waals surface area contributed by atoms with Crippen LogP contribution in [-0.4, -0.2) is 96.4 Å². The molecule has 0 fully saturated rings. The molecule has 0 aromatic carbocycles. The van der Waals surface area contributed by atoms with Gasteiger partial charge in [-0.2, -0.15) is 0 Å². The number of nitrogens with two attached hydrogens (primary N) is 1. The Morgan fingerprint density at radius 3 is 2.03 bits per heavy atom. The lowest BCUT2D eigenvalue weighted by Gasteiger charge is -2.32. The topological polar surface area (TPSA) is 158 Å². The molecule has 0 radical (unpaired) electrons. The quantitative estimate of drug-likeness (QED) is 0.132. The van der Waals surface area contributed by atoms with Gasteiger partial charge >= 0.3 is 0 Å². The zero-order valence-electron chi connectivity index (χ0n) is 19.9. The molecule has 0 aliphatic rings. The smallest absolute Gasteiger partial charge is 0.222 e. The minimum atomic E-state index is -0.394. The van der Waals surface area contributed by atoms with E-state index in [0.29, 0.717) is 46.0 Å². The lowest BCUT2D eigenvalue weighted by atomic mass is 9.88. The Morgan fingerprint density at radius 2 is 1.56 bits per heavy atom. The fourth-order valence-corrected chi connectivity index (χ4v) is 2.28. The van der Waals surface area contributed by atoms with Crippen LogP contribution >= 0.6 is 0 Å². The van der Waals surface area contributed by atoms with E-state index in [0.717, 1.165) is 12.8 Å². The van der Waals surface area contributed by atoms with Crippen molar-refractivity contribution in [3.8, 4) is 0 Å². The van der Waals surface area contributed by atoms with Crippen molar-refractivity contribution < 1.29 is 38.4 Å². The van der Waals surface area contributed by atoms with Gasteiger partial charge in [0.2, 0.25) is 18.2 Å². The SMILES string of the molecule is CCCOCC(CC)(COCCC(N)=O)COCCC(=O)NCCO.COCCNC=O. The number of amides is 3. The van der Waals surface area contributed by atoms with Gasteiger partial charge in [0.1, 0.15) is 0 Å². The highest BCUT2D eigenvalue weighted by Crippen LogP contribution is 2.24. The molecule has 3 amide bonds. The van der Waals surface area contributed by atoms with Crippen LogP contribution in [0.25, 0.3) is 0 Å². The van der Waals surface area contributed by atoms with Crippen molar-refractivity contribution in [2.75, 3.05) is 73.1 Å². The van der Waals surface area contributed by atoms with Gasteiger partial charge in [0.15, 0.2) is 0 Å². The number of carbonyl (C=O) groups excluding carboxylic acids is 3. The number of rotatable bonds is 21. The maximum absolute atomic E-state index is 11.5. The summed E-state index contributed by atoms with van der Waals surface area (Å²) in [5.41, 5.74) is 4.79. The number of hydrogen-bond acceptors (Lipinski definition) is 8. The van der Waals surface area contributed by atoms with Crippen LogP contribution in [0.5, 0.6) is 0 Å². The zero-order chi connectivity index (χ0) is 24.5. The third kappa shape index (κ3) is 21.4. The molecule has 0 saturated carbocycles. The molecule has 11 heteroatoms. The molecule has 0 rings (SSSR count). The highest BCUT2D eigenvalue weighted by Gasteiger charge is 2.30. The van der Waals surface area contributed by atoms with Crippen LogP contribution in [0, 0.1) is 5.41 Å². The molecule has 0 spiro atoms. The van der Waals surface area contributed by atoms with Crippen LogP contribution in [0.15, 0.2) is 0 Å². The first-order valence-corrected chi connectivity index (χ1v) is 11.0. The Bertz CT molecular complexity index is 468. The Balaban J connectivity index is 0. The van der Waals surface area contributed by atoms with E-state index in [1.165, 1.54) is 0 Å². The predicted molar refractivity (Wildman–Crippen MR) is 120 cm³/mol. The van der Waals surface area contributed by atoms with Gasteiger partial charge in [-0.05, 0) is 12.8 Å². The van der Waals surface area contributed by atoms with Crippen molar-refractivity contribution in [3.63, 3.8) is 0 Å². The molecule has 0 aliphatic carbocycles. The summed E-state index contributed by atoms with van der Waals surface area (Å²) < 4.78 is 21.6. The van der Waals surface area contributed by atoms with Crippen molar-refractivity contribution in [2.24, 2.45) is 11.1 Å². The standard InChI is InChI=1S/C17H34N2O6.C4H9NO2/c1-3-9-23-12-17(4-2,13-24-10-5-15(18)21)14-25-11-6-16(22)19-7-8-20;1-7-3-2-5-4-6/h20H,3-14H2,1-2H3,(H2,18,21)(H,19,22);4H,2-3H2,1H3,(H,5,6). The minimum absolute atomic E-state index is 0.0804. The van der Waals surface area contributed by atoms with E-state index < -0.39 is 5.91 Å². The second kappa shape index (κ2) is 23.9. The summed E-state index contributed by atoms with van der Waals surface area (Å²) in [6, 6.07) is 0.